The minimum absolute atomic E-state index is 0.00415. The van der Waals surface area contributed by atoms with E-state index in [0.29, 0.717) is 46.6 Å². The maximum absolute atomic E-state index is 13.7. The van der Waals surface area contributed by atoms with E-state index in [1.165, 1.54) is 22.5 Å². The summed E-state index contributed by atoms with van der Waals surface area (Å²) < 4.78 is 16.9. The highest BCUT2D eigenvalue weighted by Gasteiger charge is 2.45. The molecule has 1 atom stereocenters. The molecular weight excluding hydrogens is 468 g/mol. The molecule has 3 aromatic rings. The molecule has 1 aromatic carbocycles. The van der Waals surface area contributed by atoms with Crippen molar-refractivity contribution in [2.24, 2.45) is 0 Å². The highest BCUT2D eigenvalue weighted by Crippen LogP contribution is 2.43. The van der Waals surface area contributed by atoms with Gasteiger partial charge in [-0.25, -0.2) is 4.98 Å². The first-order valence-corrected chi connectivity index (χ1v) is 11.9. The molecule has 1 aliphatic heterocycles. The van der Waals surface area contributed by atoms with E-state index in [4.69, 9.17) is 13.9 Å². The zero-order chi connectivity index (χ0) is 25.1. The molecule has 4 rings (SSSR count). The van der Waals surface area contributed by atoms with Gasteiger partial charge < -0.3 is 23.9 Å². The first-order valence-electron chi connectivity index (χ1n) is 11.1. The van der Waals surface area contributed by atoms with Crippen molar-refractivity contribution in [3.05, 3.63) is 87.5 Å². The number of aliphatic hydroxyl groups is 1. The summed E-state index contributed by atoms with van der Waals surface area (Å²) in [4.78, 5) is 33.0. The third-order valence-electron chi connectivity index (χ3n) is 5.50. The Morgan fingerprint density at radius 2 is 2.09 bits per heavy atom. The van der Waals surface area contributed by atoms with Crippen molar-refractivity contribution in [3.8, 4) is 11.5 Å². The van der Waals surface area contributed by atoms with Gasteiger partial charge in [-0.1, -0.05) is 18.7 Å². The van der Waals surface area contributed by atoms with Gasteiger partial charge in [0.25, 0.3) is 5.91 Å². The van der Waals surface area contributed by atoms with Gasteiger partial charge in [-0.3, -0.25) is 9.59 Å². The normalized spacial score (nSPS) is 15.6. The fraction of sp³-hybridized carbons (Fsp3) is 0.269. The van der Waals surface area contributed by atoms with Crippen LogP contribution in [0.15, 0.2) is 65.0 Å². The molecule has 0 radical (unpaired) electrons. The van der Waals surface area contributed by atoms with Crippen LogP contribution in [0.3, 0.4) is 0 Å². The molecule has 1 unspecified atom stereocenters. The summed E-state index contributed by atoms with van der Waals surface area (Å²) >= 11 is 1.23. The Hall–Kier alpha value is -3.85. The van der Waals surface area contributed by atoms with E-state index in [1.807, 2.05) is 6.92 Å². The Labute approximate surface area is 207 Å². The third kappa shape index (κ3) is 4.72. The van der Waals surface area contributed by atoms with Crippen LogP contribution in [0.25, 0.3) is 0 Å². The number of aliphatic hydroxyl groups excluding tert-OH is 1. The summed E-state index contributed by atoms with van der Waals surface area (Å²) in [5.74, 6) is -0.185. The Morgan fingerprint density at radius 1 is 1.29 bits per heavy atom. The van der Waals surface area contributed by atoms with E-state index in [-0.39, 0.29) is 12.1 Å². The van der Waals surface area contributed by atoms with E-state index in [9.17, 15) is 14.7 Å². The number of Topliss-reactive ketones (excluding diaryl/α,β-unsaturated/α-hetero) is 1. The molecule has 35 heavy (non-hydrogen) atoms. The molecule has 2 aromatic heterocycles. The summed E-state index contributed by atoms with van der Waals surface area (Å²) in [6.07, 6.45) is 3.13. The Balaban J connectivity index is 1.83. The van der Waals surface area contributed by atoms with Crippen LogP contribution in [0.5, 0.6) is 11.5 Å². The zero-order valence-electron chi connectivity index (χ0n) is 19.7. The number of thiazole rings is 1. The molecule has 0 spiro atoms. The van der Waals surface area contributed by atoms with Crippen LogP contribution in [-0.2, 0) is 11.3 Å². The average Bonchev–Trinajstić information content (AvgIpc) is 3.53. The lowest BCUT2D eigenvalue weighted by Crippen LogP contribution is -2.30. The van der Waals surface area contributed by atoms with Crippen LogP contribution >= 0.6 is 11.3 Å². The fourth-order valence-electron chi connectivity index (χ4n) is 4.06. The number of furan rings is 1. The van der Waals surface area contributed by atoms with Crippen molar-refractivity contribution >= 4 is 23.0 Å². The van der Waals surface area contributed by atoms with E-state index in [1.54, 1.807) is 50.3 Å². The van der Waals surface area contributed by atoms with Gasteiger partial charge in [-0.05, 0) is 50.6 Å². The molecule has 1 aliphatic rings. The first kappa shape index (κ1) is 24.3. The van der Waals surface area contributed by atoms with Crippen LogP contribution in [-0.4, -0.2) is 39.9 Å². The van der Waals surface area contributed by atoms with Crippen LogP contribution in [0.1, 0.15) is 44.7 Å². The molecule has 0 saturated carbocycles. The molecular formula is C26H26N2O6S. The Bertz CT molecular complexity index is 1290. The minimum atomic E-state index is -0.866. The van der Waals surface area contributed by atoms with Crippen molar-refractivity contribution in [1.29, 1.82) is 0 Å². The number of amides is 1. The number of carbonyl (C=O) groups is 2. The average molecular weight is 495 g/mol. The number of rotatable bonds is 10. The summed E-state index contributed by atoms with van der Waals surface area (Å²) in [6, 6.07) is 7.78. The number of hydrogen-bond acceptors (Lipinski definition) is 8. The van der Waals surface area contributed by atoms with E-state index >= 15 is 0 Å². The molecule has 0 fully saturated rings. The van der Waals surface area contributed by atoms with Gasteiger partial charge in [0.1, 0.15) is 12.4 Å². The number of nitrogens with zero attached hydrogens (tertiary/aromatic N) is 2. The van der Waals surface area contributed by atoms with Gasteiger partial charge in [0.15, 0.2) is 17.3 Å². The van der Waals surface area contributed by atoms with E-state index < -0.39 is 23.5 Å². The summed E-state index contributed by atoms with van der Waals surface area (Å²) in [5.41, 5.74) is 1.14. The largest absolute Gasteiger partial charge is 0.503 e. The smallest absolute Gasteiger partial charge is 0.290 e. The number of hydrogen-bond donors (Lipinski definition) is 1. The molecule has 0 aliphatic carbocycles. The van der Waals surface area contributed by atoms with Crippen molar-refractivity contribution in [1.82, 2.24) is 9.88 Å². The van der Waals surface area contributed by atoms with Crippen LogP contribution in [0.4, 0.5) is 0 Å². The first-order chi connectivity index (χ1) is 16.8. The summed E-state index contributed by atoms with van der Waals surface area (Å²) in [6.45, 7) is 9.80. The SMILES string of the molecule is C=CCOc1ccc(C2C(C(=O)c3sc(C)nc3C)=C(O)C(=O)N2Cc2ccco2)cc1OCC. The van der Waals surface area contributed by atoms with Gasteiger partial charge in [0, 0.05) is 0 Å². The number of benzene rings is 1. The second-order valence-electron chi connectivity index (χ2n) is 7.89. The topological polar surface area (TPSA) is 102 Å². The number of ether oxygens (including phenoxy) is 2. The zero-order valence-corrected chi connectivity index (χ0v) is 20.6. The molecule has 3 heterocycles. The van der Waals surface area contributed by atoms with Crippen LogP contribution < -0.4 is 9.47 Å². The summed E-state index contributed by atoms with van der Waals surface area (Å²) in [7, 11) is 0. The summed E-state index contributed by atoms with van der Waals surface area (Å²) in [5, 5.41) is 11.6. The monoisotopic (exact) mass is 494 g/mol. The van der Waals surface area contributed by atoms with Crippen molar-refractivity contribution < 1.29 is 28.6 Å². The highest BCUT2D eigenvalue weighted by molar-refractivity contribution is 7.14. The van der Waals surface area contributed by atoms with Gasteiger partial charge in [-0.2, -0.15) is 0 Å². The molecule has 1 amide bonds. The number of carbonyl (C=O) groups excluding carboxylic acids is 2. The lowest BCUT2D eigenvalue weighted by atomic mass is 9.94. The molecule has 1 N–H and O–H groups in total. The van der Waals surface area contributed by atoms with Gasteiger partial charge in [0.05, 0.1) is 46.6 Å². The van der Waals surface area contributed by atoms with Gasteiger partial charge in [-0.15, -0.1) is 11.3 Å². The maximum atomic E-state index is 13.7. The second-order valence-corrected chi connectivity index (χ2v) is 9.10. The Morgan fingerprint density at radius 3 is 2.71 bits per heavy atom. The Kier molecular flexibility index (Phi) is 7.07. The second kappa shape index (κ2) is 10.2. The standard InChI is InChI=1S/C26H26N2O6S/c1-5-11-34-19-10-9-17(13-20(19)32-6-2)22-21(23(29)25-15(3)27-16(4)35-25)24(30)26(31)28(22)14-18-8-7-12-33-18/h5,7-10,12-13,22,30H,1,6,11,14H2,2-4H3. The van der Waals surface area contributed by atoms with Crippen molar-refractivity contribution in [3.63, 3.8) is 0 Å². The molecule has 182 valence electrons. The van der Waals surface area contributed by atoms with Crippen molar-refractivity contribution in [2.45, 2.75) is 33.4 Å². The molecule has 9 heteroatoms. The maximum Gasteiger partial charge on any atom is 0.290 e. The van der Waals surface area contributed by atoms with Crippen molar-refractivity contribution in [2.75, 3.05) is 13.2 Å². The third-order valence-corrected chi connectivity index (χ3v) is 6.58. The van der Waals surface area contributed by atoms with Crippen LogP contribution in [0, 0.1) is 13.8 Å². The lowest BCUT2D eigenvalue weighted by molar-refractivity contribution is -0.130. The van der Waals surface area contributed by atoms with E-state index in [2.05, 4.69) is 11.6 Å². The fourth-order valence-corrected chi connectivity index (χ4v) is 4.93. The molecule has 0 bridgehead atoms. The van der Waals surface area contributed by atoms with Gasteiger partial charge in [0.2, 0.25) is 5.78 Å². The number of aromatic nitrogens is 1. The molecule has 8 nitrogen and oxygen atoms in total. The molecule has 0 saturated heterocycles. The quantitative estimate of drug-likeness (QED) is 0.309. The van der Waals surface area contributed by atoms with E-state index in [0.717, 1.165) is 5.01 Å². The number of aryl methyl sites for hydroxylation is 2. The van der Waals surface area contributed by atoms with Gasteiger partial charge >= 0.3 is 0 Å². The predicted molar refractivity (Wildman–Crippen MR) is 131 cm³/mol. The number of ketones is 1. The predicted octanol–water partition coefficient (Wildman–Crippen LogP) is 5.09. The van der Waals surface area contributed by atoms with Crippen LogP contribution in [0.2, 0.25) is 0 Å². The highest BCUT2D eigenvalue weighted by atomic mass is 32.1. The lowest BCUT2D eigenvalue weighted by Gasteiger charge is -2.26. The minimum Gasteiger partial charge on any atom is -0.503 e.